The van der Waals surface area contributed by atoms with Gasteiger partial charge in [-0.05, 0) is 36.2 Å². The lowest BCUT2D eigenvalue weighted by Crippen LogP contribution is -2.39. The Kier molecular flexibility index (Phi) is 3.64. The first-order valence-corrected chi connectivity index (χ1v) is 5.54. The Balaban J connectivity index is 1.93. The summed E-state index contributed by atoms with van der Waals surface area (Å²) in [6, 6.07) is 9.31. The number of hydrogen-bond acceptors (Lipinski definition) is 4. The first kappa shape index (κ1) is 12.2. The molecule has 94 valence electrons. The molecule has 0 saturated heterocycles. The van der Waals surface area contributed by atoms with Crippen LogP contribution in [-0.2, 0) is 11.2 Å². The number of benzene rings is 1. The molecule has 5 heteroatoms. The molecule has 0 radical (unpaired) electrons. The topological polar surface area (TPSA) is 77.5 Å². The number of hydrogen-bond donors (Lipinski definition) is 2. The molecule has 0 aliphatic heterocycles. The first-order chi connectivity index (χ1) is 8.65. The molecule has 3 N–H and O–H groups in total. The molecule has 0 unspecified atom stereocenters. The van der Waals surface area contributed by atoms with Crippen molar-refractivity contribution in [3.63, 3.8) is 0 Å². The number of phenols is 1. The molecule has 2 rings (SSSR count). The zero-order chi connectivity index (χ0) is 13.0. The molecule has 1 aromatic heterocycles. The third kappa shape index (κ3) is 3.11. The Morgan fingerprint density at radius 1 is 1.28 bits per heavy atom. The minimum atomic E-state index is -0.739. The number of nitrogens with zero attached hydrogens (tertiary/aromatic N) is 1. The Morgan fingerprint density at radius 2 is 1.89 bits per heavy atom. The van der Waals surface area contributed by atoms with E-state index in [0.29, 0.717) is 6.42 Å². The lowest BCUT2D eigenvalue weighted by Gasteiger charge is -2.11. The molecule has 2 aromatic rings. The van der Waals surface area contributed by atoms with Crippen LogP contribution in [0.3, 0.4) is 0 Å². The van der Waals surface area contributed by atoms with Gasteiger partial charge in [-0.15, -0.1) is 0 Å². The lowest BCUT2D eigenvalue weighted by atomic mass is 10.1. The van der Waals surface area contributed by atoms with Gasteiger partial charge in [0.2, 0.25) is 0 Å². The van der Waals surface area contributed by atoms with Gasteiger partial charge >= 0.3 is 5.97 Å². The predicted molar refractivity (Wildman–Crippen MR) is 65.8 cm³/mol. The van der Waals surface area contributed by atoms with Crippen molar-refractivity contribution in [1.82, 2.24) is 4.73 Å². The SMILES string of the molecule is N[C@@H](Cc1ccc(O)cc1)C(=O)On1cccc1. The lowest BCUT2D eigenvalue weighted by molar-refractivity contribution is -0.145. The fraction of sp³-hybridized carbons (Fsp3) is 0.154. The highest BCUT2D eigenvalue weighted by molar-refractivity contribution is 5.76. The molecule has 0 bridgehead atoms. The van der Waals surface area contributed by atoms with Crippen LogP contribution in [0.5, 0.6) is 5.75 Å². The zero-order valence-corrected chi connectivity index (χ0v) is 9.69. The van der Waals surface area contributed by atoms with E-state index in [1.165, 1.54) is 4.73 Å². The quantitative estimate of drug-likeness (QED) is 0.833. The van der Waals surface area contributed by atoms with E-state index in [2.05, 4.69) is 0 Å². The van der Waals surface area contributed by atoms with Crippen LogP contribution in [0.1, 0.15) is 5.56 Å². The summed E-state index contributed by atoms with van der Waals surface area (Å²) in [6.45, 7) is 0. The molecular formula is C13H14N2O3. The number of aromatic nitrogens is 1. The van der Waals surface area contributed by atoms with Crippen LogP contribution in [-0.4, -0.2) is 21.8 Å². The van der Waals surface area contributed by atoms with E-state index in [4.69, 9.17) is 15.7 Å². The average Bonchev–Trinajstić information content (AvgIpc) is 2.85. The van der Waals surface area contributed by atoms with E-state index in [0.717, 1.165) is 5.56 Å². The van der Waals surface area contributed by atoms with E-state index >= 15 is 0 Å². The van der Waals surface area contributed by atoms with Crippen molar-refractivity contribution in [2.24, 2.45) is 5.73 Å². The number of nitrogens with two attached hydrogens (primary N) is 1. The van der Waals surface area contributed by atoms with Crippen LogP contribution in [0, 0.1) is 0 Å². The van der Waals surface area contributed by atoms with Crippen molar-refractivity contribution >= 4 is 5.97 Å². The summed E-state index contributed by atoms with van der Waals surface area (Å²) >= 11 is 0. The molecule has 1 atom stereocenters. The molecule has 0 amide bonds. The maximum atomic E-state index is 11.7. The first-order valence-electron chi connectivity index (χ1n) is 5.54. The second kappa shape index (κ2) is 5.37. The molecule has 5 nitrogen and oxygen atoms in total. The predicted octanol–water partition coefficient (Wildman–Crippen LogP) is 0.719. The van der Waals surface area contributed by atoms with E-state index < -0.39 is 12.0 Å². The van der Waals surface area contributed by atoms with Crippen LogP contribution in [0.4, 0.5) is 0 Å². The third-order valence-corrected chi connectivity index (χ3v) is 2.47. The summed E-state index contributed by atoms with van der Waals surface area (Å²) in [5, 5.41) is 9.14. The monoisotopic (exact) mass is 246 g/mol. The van der Waals surface area contributed by atoms with Crippen LogP contribution >= 0.6 is 0 Å². The molecule has 1 heterocycles. The van der Waals surface area contributed by atoms with Crippen molar-refractivity contribution in [2.75, 3.05) is 0 Å². The summed E-state index contributed by atoms with van der Waals surface area (Å²) in [5.41, 5.74) is 6.62. The highest BCUT2D eigenvalue weighted by atomic mass is 16.7. The second-order valence-corrected chi connectivity index (χ2v) is 3.93. The summed E-state index contributed by atoms with van der Waals surface area (Å²) < 4.78 is 1.30. The normalized spacial score (nSPS) is 12.1. The van der Waals surface area contributed by atoms with Crippen LogP contribution in [0.2, 0.25) is 0 Å². The fourth-order valence-electron chi connectivity index (χ4n) is 1.52. The van der Waals surface area contributed by atoms with Crippen LogP contribution in [0.25, 0.3) is 0 Å². The summed E-state index contributed by atoms with van der Waals surface area (Å²) in [5.74, 6) is -0.318. The van der Waals surface area contributed by atoms with Gasteiger partial charge in [0.1, 0.15) is 11.8 Å². The number of aromatic hydroxyl groups is 1. The Morgan fingerprint density at radius 3 is 2.50 bits per heavy atom. The summed E-state index contributed by atoms with van der Waals surface area (Å²) in [4.78, 5) is 16.7. The molecule has 0 saturated carbocycles. The minimum Gasteiger partial charge on any atom is -0.508 e. The van der Waals surface area contributed by atoms with Gasteiger partial charge in [-0.2, -0.15) is 4.73 Å². The molecule has 0 aliphatic rings. The maximum Gasteiger partial charge on any atom is 0.349 e. The van der Waals surface area contributed by atoms with Gasteiger partial charge in [-0.1, -0.05) is 12.1 Å². The van der Waals surface area contributed by atoms with Gasteiger partial charge in [0.15, 0.2) is 0 Å². The van der Waals surface area contributed by atoms with Crippen LogP contribution < -0.4 is 10.6 Å². The largest absolute Gasteiger partial charge is 0.508 e. The smallest absolute Gasteiger partial charge is 0.349 e. The Hall–Kier alpha value is -2.27. The van der Waals surface area contributed by atoms with Crippen molar-refractivity contribution in [1.29, 1.82) is 0 Å². The Labute approximate surface area is 104 Å². The molecule has 0 aliphatic carbocycles. The van der Waals surface area contributed by atoms with Crippen molar-refractivity contribution in [3.05, 3.63) is 54.4 Å². The zero-order valence-electron chi connectivity index (χ0n) is 9.69. The van der Waals surface area contributed by atoms with E-state index in [9.17, 15) is 4.79 Å². The summed E-state index contributed by atoms with van der Waals surface area (Å²) in [6.07, 6.45) is 3.59. The fourth-order valence-corrected chi connectivity index (χ4v) is 1.52. The number of carbonyl (C=O) groups is 1. The summed E-state index contributed by atoms with van der Waals surface area (Å²) in [7, 11) is 0. The van der Waals surface area contributed by atoms with E-state index in [1.54, 1.807) is 48.8 Å². The highest BCUT2D eigenvalue weighted by Crippen LogP contribution is 2.10. The van der Waals surface area contributed by atoms with Crippen molar-refractivity contribution < 1.29 is 14.7 Å². The Bertz CT molecular complexity index is 506. The molecule has 1 aromatic carbocycles. The molecule has 0 spiro atoms. The second-order valence-electron chi connectivity index (χ2n) is 3.93. The van der Waals surface area contributed by atoms with E-state index in [1.807, 2.05) is 0 Å². The minimum absolute atomic E-state index is 0.183. The van der Waals surface area contributed by atoms with Gasteiger partial charge in [-0.25, -0.2) is 4.79 Å². The van der Waals surface area contributed by atoms with Gasteiger partial charge in [-0.3, -0.25) is 0 Å². The number of carbonyl (C=O) groups excluding carboxylic acids is 1. The van der Waals surface area contributed by atoms with E-state index in [-0.39, 0.29) is 5.75 Å². The standard InChI is InChI=1S/C13H14N2O3/c14-12(9-10-3-5-11(16)6-4-10)13(17)18-15-7-1-2-8-15/h1-8,12,16H,9,14H2/t12-/m0/s1. The number of rotatable bonds is 4. The highest BCUT2D eigenvalue weighted by Gasteiger charge is 2.16. The number of phenolic OH excluding ortho intramolecular Hbond substituents is 1. The third-order valence-electron chi connectivity index (χ3n) is 2.47. The molecule has 18 heavy (non-hydrogen) atoms. The molecular weight excluding hydrogens is 232 g/mol. The van der Waals surface area contributed by atoms with Crippen molar-refractivity contribution in [2.45, 2.75) is 12.5 Å². The van der Waals surface area contributed by atoms with Crippen LogP contribution in [0.15, 0.2) is 48.8 Å². The van der Waals surface area contributed by atoms with Gasteiger partial charge in [0, 0.05) is 12.4 Å². The van der Waals surface area contributed by atoms with Gasteiger partial charge in [0.25, 0.3) is 0 Å². The molecule has 0 fully saturated rings. The average molecular weight is 246 g/mol. The van der Waals surface area contributed by atoms with Gasteiger partial charge in [0.05, 0.1) is 0 Å². The van der Waals surface area contributed by atoms with Crippen molar-refractivity contribution in [3.8, 4) is 5.75 Å². The van der Waals surface area contributed by atoms with Gasteiger partial charge < -0.3 is 15.7 Å². The maximum absolute atomic E-state index is 11.7.